The Kier molecular flexibility index (Phi) is 9.95. The molecule has 0 aliphatic carbocycles. The van der Waals surface area contributed by atoms with E-state index < -0.39 is 0 Å². The standard InChI is InChI=1S/C33H34N4O2.ClH/c1-39-29-19-14-25(15-20-29)16-21-31-30-10-5-6-11-32(30)36(33(38)37(35-31)23-7-22-34)24-26-12-17-28(18-13-26)27-8-3-2-4-9-27;/h2-6,8-15,17-20H,7,16,21-24,34H2,1H3;1H. The molecule has 1 aliphatic heterocycles. The number of benzene rings is 4. The fraction of sp³-hybridized carbons (Fsp3) is 0.212. The van der Waals surface area contributed by atoms with E-state index in [9.17, 15) is 4.79 Å². The van der Waals surface area contributed by atoms with Gasteiger partial charge in [0.15, 0.2) is 0 Å². The monoisotopic (exact) mass is 554 g/mol. The van der Waals surface area contributed by atoms with Crippen molar-refractivity contribution in [3.63, 3.8) is 0 Å². The van der Waals surface area contributed by atoms with Gasteiger partial charge in [0.25, 0.3) is 0 Å². The van der Waals surface area contributed by atoms with Crippen LogP contribution in [0.4, 0.5) is 10.5 Å². The second kappa shape index (κ2) is 13.8. The molecule has 0 unspecified atom stereocenters. The Hall–Kier alpha value is -4.13. The summed E-state index contributed by atoms with van der Waals surface area (Å²) in [6.45, 7) is 1.42. The molecule has 7 heteroatoms. The van der Waals surface area contributed by atoms with E-state index in [-0.39, 0.29) is 18.4 Å². The smallest absolute Gasteiger partial charge is 0.345 e. The van der Waals surface area contributed by atoms with Crippen molar-refractivity contribution in [2.75, 3.05) is 25.1 Å². The Bertz CT molecular complexity index is 1420. The number of hydrogen-bond acceptors (Lipinski definition) is 4. The maximum absolute atomic E-state index is 13.9. The van der Waals surface area contributed by atoms with Gasteiger partial charge in [-0.05, 0) is 66.3 Å². The Morgan fingerprint density at radius 3 is 2.12 bits per heavy atom. The number of rotatable bonds is 10. The Morgan fingerprint density at radius 1 is 0.775 bits per heavy atom. The average molecular weight is 555 g/mol. The molecule has 4 aromatic carbocycles. The van der Waals surface area contributed by atoms with E-state index in [4.69, 9.17) is 15.6 Å². The van der Waals surface area contributed by atoms with E-state index in [2.05, 4.69) is 54.6 Å². The summed E-state index contributed by atoms with van der Waals surface area (Å²) in [4.78, 5) is 15.7. The van der Waals surface area contributed by atoms with E-state index in [1.165, 1.54) is 11.1 Å². The van der Waals surface area contributed by atoms with Gasteiger partial charge >= 0.3 is 6.03 Å². The maximum atomic E-state index is 13.9. The zero-order chi connectivity index (χ0) is 27.0. The van der Waals surface area contributed by atoms with Crippen LogP contribution < -0.4 is 15.4 Å². The van der Waals surface area contributed by atoms with Crippen LogP contribution in [0, 0.1) is 0 Å². The summed E-state index contributed by atoms with van der Waals surface area (Å²) in [6.07, 6.45) is 2.18. The van der Waals surface area contributed by atoms with E-state index in [0.717, 1.165) is 40.3 Å². The number of hydrogen-bond donors (Lipinski definition) is 1. The molecule has 2 amide bonds. The number of halogens is 1. The number of aryl methyl sites for hydroxylation is 1. The topological polar surface area (TPSA) is 71.2 Å². The SMILES string of the molecule is COc1ccc(CCC2=NN(CCCN)C(=O)N(Cc3ccc(-c4ccccc4)cc3)c3ccccc32)cc1.Cl. The summed E-state index contributed by atoms with van der Waals surface area (Å²) in [5.74, 6) is 0.835. The van der Waals surface area contributed by atoms with Crippen LogP contribution in [-0.4, -0.2) is 37.0 Å². The zero-order valence-corrected chi connectivity index (χ0v) is 23.5. The molecule has 0 spiro atoms. The molecule has 0 aromatic heterocycles. The molecule has 0 atom stereocenters. The largest absolute Gasteiger partial charge is 0.497 e. The molecule has 5 rings (SSSR count). The van der Waals surface area contributed by atoms with Gasteiger partial charge in [-0.3, -0.25) is 4.90 Å². The predicted molar refractivity (Wildman–Crippen MR) is 165 cm³/mol. The van der Waals surface area contributed by atoms with Crippen molar-refractivity contribution < 1.29 is 9.53 Å². The summed E-state index contributed by atoms with van der Waals surface area (Å²) in [5.41, 5.74) is 13.1. The number of ether oxygens (including phenoxy) is 1. The third kappa shape index (κ3) is 6.71. The second-order valence-corrected chi connectivity index (χ2v) is 9.61. The summed E-state index contributed by atoms with van der Waals surface area (Å²) < 4.78 is 5.30. The molecular formula is C33H35ClN4O2. The van der Waals surface area contributed by atoms with Gasteiger partial charge in [0.1, 0.15) is 5.75 Å². The van der Waals surface area contributed by atoms with Crippen molar-refractivity contribution in [3.8, 4) is 16.9 Å². The number of para-hydroxylation sites is 1. The summed E-state index contributed by atoms with van der Waals surface area (Å²) in [5, 5.41) is 6.50. The highest BCUT2D eigenvalue weighted by atomic mass is 35.5. The lowest BCUT2D eigenvalue weighted by atomic mass is 9.99. The molecule has 0 bridgehead atoms. The first-order valence-corrected chi connectivity index (χ1v) is 13.4. The number of anilines is 1. The molecule has 6 nitrogen and oxygen atoms in total. The summed E-state index contributed by atoms with van der Waals surface area (Å²) in [6, 6.07) is 34.7. The first-order valence-electron chi connectivity index (χ1n) is 13.4. The maximum Gasteiger partial charge on any atom is 0.345 e. The number of fused-ring (bicyclic) bond motifs is 1. The van der Waals surface area contributed by atoms with Crippen LogP contribution in [0.1, 0.15) is 29.5 Å². The first kappa shape index (κ1) is 28.9. The molecule has 1 aliphatic rings. The molecule has 4 aromatic rings. The lowest BCUT2D eigenvalue weighted by Gasteiger charge is -2.26. The van der Waals surface area contributed by atoms with Gasteiger partial charge in [-0.25, -0.2) is 9.80 Å². The third-order valence-corrected chi connectivity index (χ3v) is 6.98. The zero-order valence-electron chi connectivity index (χ0n) is 22.7. The molecule has 0 fully saturated rings. The molecule has 206 valence electrons. The minimum atomic E-state index is -0.137. The minimum absolute atomic E-state index is 0. The van der Waals surface area contributed by atoms with Gasteiger partial charge < -0.3 is 10.5 Å². The quantitative estimate of drug-likeness (QED) is 0.231. The second-order valence-electron chi connectivity index (χ2n) is 9.61. The third-order valence-electron chi connectivity index (χ3n) is 6.98. The normalized spacial score (nSPS) is 12.8. The van der Waals surface area contributed by atoms with Crippen LogP contribution in [-0.2, 0) is 13.0 Å². The number of nitrogens with two attached hydrogens (primary N) is 1. The predicted octanol–water partition coefficient (Wildman–Crippen LogP) is 6.91. The van der Waals surface area contributed by atoms with Gasteiger partial charge in [-0.1, -0.05) is 84.9 Å². The number of methoxy groups -OCH3 is 1. The van der Waals surface area contributed by atoms with E-state index >= 15 is 0 Å². The van der Waals surface area contributed by atoms with Crippen molar-refractivity contribution in [1.29, 1.82) is 0 Å². The van der Waals surface area contributed by atoms with Crippen LogP contribution in [0.2, 0.25) is 0 Å². The number of urea groups is 1. The summed E-state index contributed by atoms with van der Waals surface area (Å²) >= 11 is 0. The first-order chi connectivity index (χ1) is 19.2. The van der Waals surface area contributed by atoms with Gasteiger partial charge in [0, 0.05) is 12.1 Å². The van der Waals surface area contributed by atoms with Gasteiger partial charge in [-0.2, -0.15) is 5.10 Å². The van der Waals surface area contributed by atoms with Crippen LogP contribution in [0.3, 0.4) is 0 Å². The van der Waals surface area contributed by atoms with Crippen molar-refractivity contribution in [3.05, 3.63) is 120 Å². The van der Waals surface area contributed by atoms with Crippen molar-refractivity contribution in [2.45, 2.75) is 25.8 Å². The molecule has 0 saturated heterocycles. The number of amides is 2. The molecule has 40 heavy (non-hydrogen) atoms. The average Bonchev–Trinajstić information content (AvgIpc) is 3.10. The lowest BCUT2D eigenvalue weighted by molar-refractivity contribution is 0.206. The van der Waals surface area contributed by atoms with E-state index in [1.54, 1.807) is 12.1 Å². The molecule has 0 saturated carbocycles. The molecule has 2 N–H and O–H groups in total. The Labute approximate surface area is 242 Å². The Morgan fingerprint density at radius 2 is 1.43 bits per heavy atom. The summed E-state index contributed by atoms with van der Waals surface area (Å²) in [7, 11) is 1.67. The number of carbonyl (C=O) groups excluding carboxylic acids is 1. The van der Waals surface area contributed by atoms with Gasteiger partial charge in [0.2, 0.25) is 0 Å². The van der Waals surface area contributed by atoms with Gasteiger partial charge in [-0.15, -0.1) is 12.4 Å². The lowest BCUT2D eigenvalue weighted by Crippen LogP contribution is -2.40. The van der Waals surface area contributed by atoms with Crippen LogP contribution in [0.5, 0.6) is 5.75 Å². The van der Waals surface area contributed by atoms with E-state index in [1.807, 2.05) is 53.4 Å². The van der Waals surface area contributed by atoms with Crippen molar-refractivity contribution >= 4 is 29.8 Å². The van der Waals surface area contributed by atoms with Crippen molar-refractivity contribution in [1.82, 2.24) is 5.01 Å². The van der Waals surface area contributed by atoms with Gasteiger partial charge in [0.05, 0.1) is 25.1 Å². The fourth-order valence-electron chi connectivity index (χ4n) is 4.83. The van der Waals surface area contributed by atoms with Crippen LogP contribution in [0.25, 0.3) is 11.1 Å². The van der Waals surface area contributed by atoms with Crippen molar-refractivity contribution in [2.24, 2.45) is 10.8 Å². The fourth-order valence-corrected chi connectivity index (χ4v) is 4.83. The minimum Gasteiger partial charge on any atom is -0.497 e. The highest BCUT2D eigenvalue weighted by Gasteiger charge is 2.29. The number of nitrogens with zero attached hydrogens (tertiary/aromatic N) is 3. The molecule has 0 radical (unpaired) electrons. The highest BCUT2D eigenvalue weighted by molar-refractivity contribution is 6.10. The highest BCUT2D eigenvalue weighted by Crippen LogP contribution is 2.30. The van der Waals surface area contributed by atoms with Crippen LogP contribution >= 0.6 is 12.4 Å². The molecular weight excluding hydrogens is 520 g/mol. The van der Waals surface area contributed by atoms with E-state index in [0.29, 0.717) is 32.5 Å². The molecule has 1 heterocycles. The van der Waals surface area contributed by atoms with Crippen LogP contribution in [0.15, 0.2) is 108 Å². The number of carbonyl (C=O) groups is 1. The Balaban J connectivity index is 0.00000370. The number of hydrazone groups is 1.